The van der Waals surface area contributed by atoms with E-state index >= 15 is 0 Å². The summed E-state index contributed by atoms with van der Waals surface area (Å²) in [5.74, 6) is -1.82. The Hall–Kier alpha value is -2.50. The molecule has 8 N–H and O–H groups in total. The largest absolute Gasteiger partial charge is 0.481 e. The highest BCUT2D eigenvalue weighted by molar-refractivity contribution is 7.61. The number of aliphatic hydroxyl groups is 1. The number of aliphatic hydroxyl groups excluding tert-OH is 1. The molecule has 0 spiro atoms. The van der Waals surface area contributed by atoms with Crippen LogP contribution in [0.4, 0.5) is 5.82 Å². The second-order valence-electron chi connectivity index (χ2n) is 17.1. The van der Waals surface area contributed by atoms with Crippen LogP contribution >= 0.6 is 23.5 Å². The molecule has 65 heavy (non-hydrogen) atoms. The van der Waals surface area contributed by atoms with Crippen LogP contribution in [0.3, 0.4) is 0 Å². The van der Waals surface area contributed by atoms with Gasteiger partial charge >= 0.3 is 23.5 Å². The number of nitrogen functional groups attached to an aromatic ring is 1. The van der Waals surface area contributed by atoms with E-state index in [2.05, 4.69) is 36.8 Å². The van der Waals surface area contributed by atoms with Gasteiger partial charge in [-0.3, -0.25) is 32.3 Å². The molecule has 0 saturated carbocycles. The summed E-state index contributed by atoms with van der Waals surface area (Å²) in [4.78, 5) is 68.0. The third-order valence-electron chi connectivity index (χ3n) is 11.3. The number of anilines is 1. The summed E-state index contributed by atoms with van der Waals surface area (Å²) in [5.41, 5.74) is 4.64. The van der Waals surface area contributed by atoms with E-state index < -0.39 is 84.4 Å². The number of nitrogens with zero attached hydrogens (tertiary/aromatic N) is 4. The third kappa shape index (κ3) is 16.0. The predicted octanol–water partition coefficient (Wildman–Crippen LogP) is 4.67. The van der Waals surface area contributed by atoms with E-state index in [1.807, 2.05) is 0 Å². The van der Waals surface area contributed by atoms with Gasteiger partial charge in [-0.15, -0.1) is 0 Å². The zero-order valence-corrected chi connectivity index (χ0v) is 39.9. The number of carbonyl (C=O) groups excluding carboxylic acids is 2. The lowest BCUT2D eigenvalue weighted by molar-refractivity contribution is -0.168. The van der Waals surface area contributed by atoms with E-state index in [1.165, 1.54) is 82.5 Å². The number of fused-ring (bicyclic) bond motifs is 2. The lowest BCUT2D eigenvalue weighted by Gasteiger charge is -2.30. The number of phosphoric ester groups is 3. The maximum Gasteiger partial charge on any atom is 0.481 e. The van der Waals surface area contributed by atoms with Crippen molar-refractivity contribution in [3.8, 4) is 0 Å². The Labute approximate surface area is 378 Å². The first kappa shape index (κ1) is 53.5. The molecule has 2 aromatic heterocycles. The van der Waals surface area contributed by atoms with Crippen molar-refractivity contribution in [2.24, 2.45) is 5.41 Å². The molecule has 3 fully saturated rings. The van der Waals surface area contributed by atoms with Crippen molar-refractivity contribution in [2.75, 3.05) is 45.3 Å². The number of hydrogen-bond acceptors (Lipinski definition) is 18. The topological polar surface area (TPSA) is 334 Å². The fraction of sp³-hybridized carbons (Fsp3) is 0.816. The maximum atomic E-state index is 12.8. The fourth-order valence-electron chi connectivity index (χ4n) is 7.76. The fourth-order valence-corrected chi connectivity index (χ4v) is 11.2. The number of unbranched alkanes of at least 4 members (excludes halogenated alkanes) is 10. The molecule has 3 aliphatic heterocycles. The molecule has 2 aromatic rings. The maximum absolute atomic E-state index is 12.8. The normalized spacial score (nSPS) is 25.3. The molecule has 8 atom stereocenters. The molecule has 5 rings (SSSR count). The number of aromatic nitrogens is 4. The van der Waals surface area contributed by atoms with Gasteiger partial charge in [0.1, 0.15) is 36.3 Å². The molecular formula is C38H66N7O17P3. The Morgan fingerprint density at radius 1 is 0.923 bits per heavy atom. The first-order valence-electron chi connectivity index (χ1n) is 22.2. The Morgan fingerprint density at radius 2 is 1.54 bits per heavy atom. The number of nitrogens with one attached hydrogen (secondary N) is 2. The lowest BCUT2D eigenvalue weighted by Crippen LogP contribution is -2.46. The molecule has 24 nitrogen and oxygen atoms in total. The number of carbonyl (C=O) groups is 2. The molecule has 5 heterocycles. The van der Waals surface area contributed by atoms with Gasteiger partial charge in [0.25, 0.3) is 0 Å². The van der Waals surface area contributed by atoms with Crippen LogP contribution in [-0.4, -0.2) is 121 Å². The molecule has 0 aromatic carbocycles. The van der Waals surface area contributed by atoms with Crippen LogP contribution in [0.2, 0.25) is 0 Å². The van der Waals surface area contributed by atoms with Gasteiger partial charge in [0, 0.05) is 37.8 Å². The Kier molecular flexibility index (Phi) is 19.9. The predicted molar refractivity (Wildman–Crippen MR) is 231 cm³/mol. The average Bonchev–Trinajstić information content (AvgIpc) is 4.03. The number of rotatable bonds is 30. The second-order valence-corrected chi connectivity index (χ2v) is 21.5. The summed E-state index contributed by atoms with van der Waals surface area (Å²) in [6, 6.07) is 0. The number of imidazole rings is 1. The van der Waals surface area contributed by atoms with Crippen LogP contribution in [0, 0.1) is 5.41 Å². The molecule has 0 radical (unpaired) electrons. The van der Waals surface area contributed by atoms with Crippen LogP contribution in [0.15, 0.2) is 12.7 Å². The van der Waals surface area contributed by atoms with E-state index in [4.69, 9.17) is 38.0 Å². The van der Waals surface area contributed by atoms with E-state index in [0.29, 0.717) is 32.6 Å². The number of phosphoric acid groups is 3. The van der Waals surface area contributed by atoms with Gasteiger partial charge in [-0.05, 0) is 12.8 Å². The van der Waals surface area contributed by atoms with Crippen molar-refractivity contribution in [1.29, 1.82) is 0 Å². The van der Waals surface area contributed by atoms with Gasteiger partial charge in [-0.2, -0.15) is 4.31 Å². The molecule has 3 aliphatic rings. The van der Waals surface area contributed by atoms with E-state index in [-0.39, 0.29) is 35.9 Å². The Balaban J connectivity index is 0.969. The Morgan fingerprint density at radius 3 is 2.22 bits per heavy atom. The highest BCUT2D eigenvalue weighted by Crippen LogP contribution is 2.62. The summed E-state index contributed by atoms with van der Waals surface area (Å²) in [6.07, 6.45) is 11.1. The summed E-state index contributed by atoms with van der Waals surface area (Å²) in [5, 5.41) is 16.0. The zero-order chi connectivity index (χ0) is 47.3. The number of hydrogen-bond donors (Lipinski definition) is 7. The monoisotopic (exact) mass is 985 g/mol. The molecule has 3 unspecified atom stereocenters. The van der Waals surface area contributed by atoms with Crippen molar-refractivity contribution in [3.05, 3.63) is 12.7 Å². The van der Waals surface area contributed by atoms with Crippen molar-refractivity contribution in [2.45, 2.75) is 154 Å². The van der Waals surface area contributed by atoms with Gasteiger partial charge < -0.3 is 50.4 Å². The van der Waals surface area contributed by atoms with Crippen molar-refractivity contribution >= 4 is 52.3 Å². The third-order valence-corrected chi connectivity index (χ3v) is 14.9. The summed E-state index contributed by atoms with van der Waals surface area (Å²) in [6.45, 7) is 4.49. The van der Waals surface area contributed by atoms with Crippen LogP contribution in [-0.2, 0) is 59.9 Å². The highest BCUT2D eigenvalue weighted by atomic mass is 31.3. The van der Waals surface area contributed by atoms with Gasteiger partial charge in [-0.1, -0.05) is 85.0 Å². The van der Waals surface area contributed by atoms with Gasteiger partial charge in [-0.25, -0.2) is 28.6 Å². The first-order valence-corrected chi connectivity index (χ1v) is 26.7. The molecule has 27 heteroatoms. The standard InChI is InChI=1S/C38H66N7O17P3/c1-4-5-6-7-8-9-10-11-12-13-14-17-38(55-21-22-56-38)18-15-19-40-28(46)16-20-41-35(48)32(47)37(2,3)24-58-64(51,52)62-63(49,50)57-23-27-30-31(61-65(53,54)60-30)36(59-27)45-26-44-29-33(39)42-25-43-34(29)45/h25-27,30-32,36,47H,4-24H2,1-3H3,(H,40,46)(H,41,48)(H,49,50)(H,51,52)(H,53,54)(H2,39,42,43)/t27-,30-,31-,32+,36-/m1/s1. The van der Waals surface area contributed by atoms with E-state index in [1.54, 1.807) is 0 Å². The minimum absolute atomic E-state index is 0.0387. The first-order chi connectivity index (χ1) is 30.8. The lowest BCUT2D eigenvalue weighted by atomic mass is 9.87. The molecule has 2 amide bonds. The van der Waals surface area contributed by atoms with Crippen LogP contribution in [0.1, 0.15) is 123 Å². The average molecular weight is 986 g/mol. The van der Waals surface area contributed by atoms with Crippen molar-refractivity contribution < 1.29 is 79.7 Å². The smallest absolute Gasteiger partial charge is 0.383 e. The molecule has 0 bridgehead atoms. The number of ether oxygens (including phenoxy) is 3. The molecule has 370 valence electrons. The van der Waals surface area contributed by atoms with Crippen LogP contribution in [0.5, 0.6) is 0 Å². The van der Waals surface area contributed by atoms with Crippen LogP contribution in [0.25, 0.3) is 11.2 Å². The number of nitrogens with two attached hydrogens (primary N) is 1. The highest BCUT2D eigenvalue weighted by Gasteiger charge is 2.58. The quantitative estimate of drug-likeness (QED) is 0.0413. The second kappa shape index (κ2) is 24.2. The minimum atomic E-state index is -5.44. The zero-order valence-electron chi connectivity index (χ0n) is 37.2. The van der Waals surface area contributed by atoms with Crippen LogP contribution < -0.4 is 16.4 Å². The summed E-state index contributed by atoms with van der Waals surface area (Å²) < 4.78 is 81.5. The molecule has 0 aliphatic carbocycles. The van der Waals surface area contributed by atoms with Crippen molar-refractivity contribution in [1.82, 2.24) is 30.2 Å². The van der Waals surface area contributed by atoms with Gasteiger partial charge in [0.05, 0.1) is 32.8 Å². The van der Waals surface area contributed by atoms with Crippen molar-refractivity contribution in [3.63, 3.8) is 0 Å². The van der Waals surface area contributed by atoms with Gasteiger partial charge in [0.15, 0.2) is 23.5 Å². The van der Waals surface area contributed by atoms with E-state index in [9.17, 15) is 43.1 Å². The summed E-state index contributed by atoms with van der Waals surface area (Å²) >= 11 is 0. The van der Waals surface area contributed by atoms with E-state index in [0.717, 1.165) is 25.6 Å². The SMILES string of the molecule is CCCCCCCCCCCCCC1(CCCNC(=O)CCNC(=O)[C@H](O)C(C)(C)COP(=O)(O)OP(=O)(O)OC[C@H]2O[C@@H](n3cnc4c(N)ncnc43)[C@@H]3OP(=O)(O)O[C@@H]32)OCCO1. The number of amides is 2. The summed E-state index contributed by atoms with van der Waals surface area (Å²) in [7, 11) is -15.5. The molecular weight excluding hydrogens is 919 g/mol. The Bertz CT molecular complexity index is 2010. The molecule has 3 saturated heterocycles. The van der Waals surface area contributed by atoms with Gasteiger partial charge in [0.2, 0.25) is 11.8 Å². The minimum Gasteiger partial charge on any atom is -0.383 e.